The molecule has 0 aliphatic heterocycles. The standard InChI is InChI=1S/C21H18N6O3S/c1-27-11-12(13-6-2-3-8-16(13)27)10-15(19(28)20(22)29)24-21(30)18-17(25-31-26-18)14-7-4-5-9-23-14/h2-9,11,15H,10H2,1H3,(H2,22,29)(H,24,30). The van der Waals surface area contributed by atoms with E-state index in [1.54, 1.807) is 24.4 Å². The van der Waals surface area contributed by atoms with Gasteiger partial charge in [-0.2, -0.15) is 8.75 Å². The molecule has 1 atom stereocenters. The normalized spacial score (nSPS) is 11.9. The highest BCUT2D eigenvalue weighted by atomic mass is 32.1. The number of aryl methyl sites for hydroxylation is 1. The maximum atomic E-state index is 13.0. The molecule has 1 aromatic carbocycles. The van der Waals surface area contributed by atoms with E-state index < -0.39 is 23.6 Å². The van der Waals surface area contributed by atoms with Gasteiger partial charge in [-0.3, -0.25) is 19.4 Å². The molecule has 1 unspecified atom stereocenters. The molecule has 3 heterocycles. The lowest BCUT2D eigenvalue weighted by Gasteiger charge is -2.15. The van der Waals surface area contributed by atoms with Crippen LogP contribution in [0, 0.1) is 0 Å². The first-order valence-electron chi connectivity index (χ1n) is 9.37. The van der Waals surface area contributed by atoms with Crippen LogP contribution in [0.15, 0.2) is 54.9 Å². The van der Waals surface area contributed by atoms with Gasteiger partial charge in [-0.05, 0) is 23.8 Å². The minimum atomic E-state index is -1.14. The van der Waals surface area contributed by atoms with Crippen LogP contribution in [0.25, 0.3) is 22.3 Å². The highest BCUT2D eigenvalue weighted by Crippen LogP contribution is 2.23. The number of nitrogens with zero attached hydrogens (tertiary/aromatic N) is 4. The van der Waals surface area contributed by atoms with Crippen LogP contribution in [-0.2, 0) is 23.1 Å². The van der Waals surface area contributed by atoms with Gasteiger partial charge in [0, 0.05) is 36.8 Å². The van der Waals surface area contributed by atoms with Gasteiger partial charge in [0.2, 0.25) is 5.78 Å². The maximum absolute atomic E-state index is 13.0. The van der Waals surface area contributed by atoms with Crippen molar-refractivity contribution in [3.63, 3.8) is 0 Å². The van der Waals surface area contributed by atoms with Gasteiger partial charge >= 0.3 is 0 Å². The van der Waals surface area contributed by atoms with Crippen molar-refractivity contribution in [3.8, 4) is 11.4 Å². The third-order valence-electron chi connectivity index (χ3n) is 4.88. The van der Waals surface area contributed by atoms with Crippen LogP contribution in [0.5, 0.6) is 0 Å². The Morgan fingerprint density at radius 1 is 1.13 bits per heavy atom. The van der Waals surface area contributed by atoms with Gasteiger partial charge < -0.3 is 15.6 Å². The molecule has 0 bridgehead atoms. The number of para-hydroxylation sites is 1. The molecule has 3 N–H and O–H groups in total. The quantitative estimate of drug-likeness (QED) is 0.424. The summed E-state index contributed by atoms with van der Waals surface area (Å²) in [6, 6.07) is 11.7. The summed E-state index contributed by atoms with van der Waals surface area (Å²) in [6.07, 6.45) is 3.55. The number of Topliss-reactive ketones (excluding diaryl/α,β-unsaturated/α-hetero) is 1. The molecule has 4 rings (SSSR count). The number of hydrogen-bond donors (Lipinski definition) is 2. The third-order valence-corrected chi connectivity index (χ3v) is 5.41. The number of carbonyl (C=O) groups excluding carboxylic acids is 3. The number of nitrogens with one attached hydrogen (secondary N) is 1. The number of aromatic nitrogens is 4. The summed E-state index contributed by atoms with van der Waals surface area (Å²) in [6.45, 7) is 0. The van der Waals surface area contributed by atoms with E-state index in [-0.39, 0.29) is 12.1 Å². The number of hydrogen-bond acceptors (Lipinski definition) is 7. The predicted octanol–water partition coefficient (Wildman–Crippen LogP) is 1.49. The Bertz CT molecular complexity index is 1280. The van der Waals surface area contributed by atoms with Gasteiger partial charge in [-0.15, -0.1) is 0 Å². The van der Waals surface area contributed by atoms with E-state index in [1.807, 2.05) is 42.1 Å². The molecular formula is C21H18N6O3S. The number of rotatable bonds is 7. The van der Waals surface area contributed by atoms with Gasteiger partial charge in [-0.25, -0.2) is 0 Å². The number of nitrogens with two attached hydrogens (primary N) is 1. The van der Waals surface area contributed by atoms with E-state index in [9.17, 15) is 14.4 Å². The fraction of sp³-hybridized carbons (Fsp3) is 0.143. The van der Waals surface area contributed by atoms with Crippen molar-refractivity contribution in [1.29, 1.82) is 0 Å². The molecule has 2 amide bonds. The first kappa shape index (κ1) is 20.4. The van der Waals surface area contributed by atoms with E-state index in [2.05, 4.69) is 19.0 Å². The number of amides is 2. The third kappa shape index (κ3) is 4.05. The number of benzene rings is 1. The van der Waals surface area contributed by atoms with Crippen molar-refractivity contribution in [3.05, 3.63) is 66.1 Å². The summed E-state index contributed by atoms with van der Waals surface area (Å²) < 4.78 is 10.1. The van der Waals surface area contributed by atoms with Crippen molar-refractivity contribution in [2.45, 2.75) is 12.5 Å². The first-order valence-corrected chi connectivity index (χ1v) is 10.1. The molecule has 0 fully saturated rings. The Morgan fingerprint density at radius 3 is 2.65 bits per heavy atom. The van der Waals surface area contributed by atoms with Crippen LogP contribution in [-0.4, -0.2) is 41.9 Å². The van der Waals surface area contributed by atoms with E-state index >= 15 is 0 Å². The largest absolute Gasteiger partial charge is 0.363 e. The maximum Gasteiger partial charge on any atom is 0.287 e. The summed E-state index contributed by atoms with van der Waals surface area (Å²) in [5.74, 6) is -2.63. The highest BCUT2D eigenvalue weighted by molar-refractivity contribution is 6.99. The van der Waals surface area contributed by atoms with Crippen molar-refractivity contribution >= 4 is 40.2 Å². The van der Waals surface area contributed by atoms with Crippen molar-refractivity contribution in [1.82, 2.24) is 23.6 Å². The van der Waals surface area contributed by atoms with Crippen molar-refractivity contribution in [2.24, 2.45) is 12.8 Å². The monoisotopic (exact) mass is 434 g/mol. The predicted molar refractivity (Wildman–Crippen MR) is 115 cm³/mol. The Balaban J connectivity index is 1.64. The molecule has 0 saturated carbocycles. The number of carbonyl (C=O) groups is 3. The molecule has 31 heavy (non-hydrogen) atoms. The average Bonchev–Trinajstić information content (AvgIpc) is 3.39. The van der Waals surface area contributed by atoms with Gasteiger partial charge in [0.15, 0.2) is 5.69 Å². The second-order valence-electron chi connectivity index (χ2n) is 6.92. The van der Waals surface area contributed by atoms with Gasteiger partial charge in [0.05, 0.1) is 17.4 Å². The SMILES string of the molecule is Cn1cc(CC(NC(=O)c2nsnc2-c2ccccn2)C(=O)C(N)=O)c2ccccc21. The highest BCUT2D eigenvalue weighted by Gasteiger charge is 2.29. The molecule has 0 radical (unpaired) electrons. The van der Waals surface area contributed by atoms with E-state index in [0.29, 0.717) is 11.4 Å². The van der Waals surface area contributed by atoms with E-state index in [0.717, 1.165) is 28.2 Å². The summed E-state index contributed by atoms with van der Waals surface area (Å²) >= 11 is 0.860. The molecule has 9 nitrogen and oxygen atoms in total. The smallest absolute Gasteiger partial charge is 0.287 e. The number of fused-ring (bicyclic) bond motifs is 1. The molecule has 0 spiro atoms. The molecule has 0 saturated heterocycles. The van der Waals surface area contributed by atoms with Gasteiger partial charge in [0.25, 0.3) is 11.8 Å². The fourth-order valence-corrected chi connectivity index (χ4v) is 3.98. The minimum absolute atomic E-state index is 0.0314. The van der Waals surface area contributed by atoms with Gasteiger partial charge in [-0.1, -0.05) is 24.3 Å². The molecule has 10 heteroatoms. The Hall–Kier alpha value is -3.92. The van der Waals surface area contributed by atoms with E-state index in [1.165, 1.54) is 0 Å². The lowest BCUT2D eigenvalue weighted by Crippen LogP contribution is -2.47. The second-order valence-corrected chi connectivity index (χ2v) is 7.45. The first-order chi connectivity index (χ1) is 15.0. The zero-order chi connectivity index (χ0) is 22.0. The lowest BCUT2D eigenvalue weighted by atomic mass is 10.0. The molecule has 3 aromatic heterocycles. The Morgan fingerprint density at radius 2 is 1.90 bits per heavy atom. The summed E-state index contributed by atoms with van der Waals surface area (Å²) in [5.41, 5.74) is 7.83. The van der Waals surface area contributed by atoms with Crippen LogP contribution < -0.4 is 11.1 Å². The number of ketones is 1. The molecule has 0 aliphatic carbocycles. The Labute approximate surface area is 181 Å². The summed E-state index contributed by atoms with van der Waals surface area (Å²) in [4.78, 5) is 41.3. The summed E-state index contributed by atoms with van der Waals surface area (Å²) in [5, 5.41) is 3.53. The van der Waals surface area contributed by atoms with Crippen molar-refractivity contribution in [2.75, 3.05) is 0 Å². The average molecular weight is 434 g/mol. The van der Waals surface area contributed by atoms with Crippen LogP contribution >= 0.6 is 11.7 Å². The fourth-order valence-electron chi connectivity index (χ4n) is 3.42. The number of pyridine rings is 1. The van der Waals surface area contributed by atoms with E-state index in [4.69, 9.17) is 5.73 Å². The molecule has 4 aromatic rings. The van der Waals surface area contributed by atoms with Crippen LogP contribution in [0.2, 0.25) is 0 Å². The zero-order valence-corrected chi connectivity index (χ0v) is 17.3. The van der Waals surface area contributed by atoms with Crippen LogP contribution in [0.3, 0.4) is 0 Å². The number of primary amides is 1. The Kier molecular flexibility index (Phi) is 5.54. The molecule has 0 aliphatic rings. The topological polar surface area (TPSA) is 133 Å². The minimum Gasteiger partial charge on any atom is -0.363 e. The summed E-state index contributed by atoms with van der Waals surface area (Å²) in [7, 11) is 1.88. The van der Waals surface area contributed by atoms with Crippen molar-refractivity contribution < 1.29 is 14.4 Å². The van der Waals surface area contributed by atoms with Gasteiger partial charge in [0.1, 0.15) is 11.7 Å². The molecular weight excluding hydrogens is 416 g/mol. The second kappa shape index (κ2) is 8.44. The molecule has 156 valence electrons. The lowest BCUT2D eigenvalue weighted by molar-refractivity contribution is -0.137. The zero-order valence-electron chi connectivity index (χ0n) is 16.5. The van der Waals surface area contributed by atoms with Crippen LogP contribution in [0.4, 0.5) is 0 Å². The van der Waals surface area contributed by atoms with Crippen LogP contribution in [0.1, 0.15) is 16.1 Å².